The molecule has 15 heavy (non-hydrogen) atoms. The minimum absolute atomic E-state index is 0.000191. The molecule has 1 aromatic rings. The van der Waals surface area contributed by atoms with Crippen molar-refractivity contribution in [2.75, 3.05) is 0 Å². The highest BCUT2D eigenvalue weighted by Crippen LogP contribution is 2.27. The molecule has 1 fully saturated rings. The van der Waals surface area contributed by atoms with E-state index in [9.17, 15) is 5.11 Å². The van der Waals surface area contributed by atoms with Crippen LogP contribution in [0, 0.1) is 0 Å². The maximum Gasteiger partial charge on any atom is 0.198 e. The third-order valence-corrected chi connectivity index (χ3v) is 2.57. The van der Waals surface area contributed by atoms with Crippen LogP contribution in [0.15, 0.2) is 30.3 Å². The predicted octanol–water partition coefficient (Wildman–Crippen LogP) is 2.05. The van der Waals surface area contributed by atoms with Crippen molar-refractivity contribution in [3.63, 3.8) is 0 Å². The molecule has 1 unspecified atom stereocenters. The van der Waals surface area contributed by atoms with Gasteiger partial charge in [0.25, 0.3) is 0 Å². The average molecular weight is 208 g/mol. The number of hydrogen-bond acceptors (Lipinski definition) is 3. The van der Waals surface area contributed by atoms with Crippen molar-refractivity contribution in [3.8, 4) is 0 Å². The Morgan fingerprint density at radius 3 is 2.73 bits per heavy atom. The molecule has 2 atom stereocenters. The summed E-state index contributed by atoms with van der Waals surface area (Å²) in [5.74, 6) is -1.11. The first kappa shape index (κ1) is 10.6. The first-order valence-corrected chi connectivity index (χ1v) is 5.26. The van der Waals surface area contributed by atoms with Crippen LogP contribution < -0.4 is 0 Å². The van der Waals surface area contributed by atoms with E-state index in [4.69, 9.17) is 9.78 Å². The van der Waals surface area contributed by atoms with Gasteiger partial charge in [-0.25, -0.2) is 9.78 Å². The monoisotopic (exact) mass is 208 g/mol. The Labute approximate surface area is 89.6 Å². The smallest absolute Gasteiger partial charge is 0.198 e. The van der Waals surface area contributed by atoms with E-state index in [-0.39, 0.29) is 6.10 Å². The molecule has 1 N–H and O–H groups in total. The highest BCUT2D eigenvalue weighted by Gasteiger charge is 2.35. The van der Waals surface area contributed by atoms with Gasteiger partial charge in [-0.15, -0.1) is 0 Å². The van der Waals surface area contributed by atoms with Crippen LogP contribution in [-0.2, 0) is 16.2 Å². The molecule has 3 nitrogen and oxygen atoms in total. The molecule has 0 bridgehead atoms. The maximum absolute atomic E-state index is 9.51. The van der Waals surface area contributed by atoms with Gasteiger partial charge >= 0.3 is 0 Å². The van der Waals surface area contributed by atoms with E-state index in [2.05, 4.69) is 12.1 Å². The van der Waals surface area contributed by atoms with E-state index >= 15 is 0 Å². The molecule has 0 aliphatic carbocycles. The molecular formula is C12H16O3. The zero-order chi connectivity index (χ0) is 10.7. The molecule has 0 amide bonds. The lowest BCUT2D eigenvalue weighted by molar-refractivity contribution is -0.372. The van der Waals surface area contributed by atoms with Crippen LogP contribution in [-0.4, -0.2) is 17.0 Å². The molecule has 3 heteroatoms. The standard InChI is InChI=1S/C12H16O3/c1-12(13)9-11(14-15-12)8-7-10-5-3-2-4-6-10/h2-6,11,13H,7-9H2,1H3/t11-,12?/m1/s1. The van der Waals surface area contributed by atoms with E-state index in [1.807, 2.05) is 18.2 Å². The van der Waals surface area contributed by atoms with Gasteiger partial charge in [-0.3, -0.25) is 0 Å². The summed E-state index contributed by atoms with van der Waals surface area (Å²) in [5.41, 5.74) is 1.28. The fourth-order valence-electron chi connectivity index (χ4n) is 1.78. The number of rotatable bonds is 3. The number of aliphatic hydroxyl groups is 1. The van der Waals surface area contributed by atoms with Crippen LogP contribution in [0.25, 0.3) is 0 Å². The number of aryl methyl sites for hydroxylation is 1. The molecule has 1 aromatic carbocycles. The van der Waals surface area contributed by atoms with Gasteiger partial charge in [0.15, 0.2) is 5.79 Å². The average Bonchev–Trinajstić information content (AvgIpc) is 2.57. The van der Waals surface area contributed by atoms with Crippen LogP contribution in [0.5, 0.6) is 0 Å². The van der Waals surface area contributed by atoms with Gasteiger partial charge < -0.3 is 5.11 Å². The second-order valence-corrected chi connectivity index (χ2v) is 4.20. The van der Waals surface area contributed by atoms with E-state index in [1.165, 1.54) is 5.56 Å². The summed E-state index contributed by atoms with van der Waals surface area (Å²) in [7, 11) is 0. The largest absolute Gasteiger partial charge is 0.363 e. The van der Waals surface area contributed by atoms with Crippen LogP contribution in [0.2, 0.25) is 0 Å². The fraction of sp³-hybridized carbons (Fsp3) is 0.500. The second kappa shape index (κ2) is 4.31. The maximum atomic E-state index is 9.51. The molecule has 0 aromatic heterocycles. The zero-order valence-electron chi connectivity index (χ0n) is 8.85. The van der Waals surface area contributed by atoms with E-state index in [0.717, 1.165) is 12.8 Å². The van der Waals surface area contributed by atoms with E-state index in [1.54, 1.807) is 6.92 Å². The van der Waals surface area contributed by atoms with Crippen LogP contribution in [0.4, 0.5) is 0 Å². The summed E-state index contributed by atoms with van der Waals surface area (Å²) < 4.78 is 0. The molecule has 2 rings (SSSR count). The summed E-state index contributed by atoms with van der Waals surface area (Å²) in [5, 5.41) is 9.51. The summed E-state index contributed by atoms with van der Waals surface area (Å²) >= 11 is 0. The SMILES string of the molecule is CC1(O)C[C@@H](CCc2ccccc2)OO1. The molecule has 1 saturated heterocycles. The van der Waals surface area contributed by atoms with Crippen molar-refractivity contribution in [2.24, 2.45) is 0 Å². The Kier molecular flexibility index (Phi) is 3.05. The van der Waals surface area contributed by atoms with E-state index in [0.29, 0.717) is 6.42 Å². The second-order valence-electron chi connectivity index (χ2n) is 4.20. The van der Waals surface area contributed by atoms with Gasteiger partial charge in [-0.2, -0.15) is 0 Å². The summed E-state index contributed by atoms with van der Waals surface area (Å²) in [6, 6.07) is 10.2. The van der Waals surface area contributed by atoms with E-state index < -0.39 is 5.79 Å². The van der Waals surface area contributed by atoms with Crippen LogP contribution in [0.3, 0.4) is 0 Å². The van der Waals surface area contributed by atoms with Crippen molar-refractivity contribution in [2.45, 2.75) is 38.1 Å². The first-order valence-electron chi connectivity index (χ1n) is 5.26. The van der Waals surface area contributed by atoms with Gasteiger partial charge in [0.2, 0.25) is 0 Å². The Morgan fingerprint density at radius 1 is 1.40 bits per heavy atom. The third kappa shape index (κ3) is 3.02. The minimum Gasteiger partial charge on any atom is -0.363 e. The van der Waals surface area contributed by atoms with Gasteiger partial charge in [-0.1, -0.05) is 30.3 Å². The molecule has 0 radical (unpaired) electrons. The summed E-state index contributed by atoms with van der Waals surface area (Å²) in [4.78, 5) is 9.84. The van der Waals surface area contributed by atoms with Crippen molar-refractivity contribution >= 4 is 0 Å². The minimum atomic E-state index is -1.11. The lowest BCUT2D eigenvalue weighted by Gasteiger charge is -2.09. The highest BCUT2D eigenvalue weighted by molar-refractivity contribution is 5.14. The molecule has 0 spiro atoms. The Hall–Kier alpha value is -0.900. The quantitative estimate of drug-likeness (QED) is 0.773. The lowest BCUT2D eigenvalue weighted by atomic mass is 10.0. The van der Waals surface area contributed by atoms with Crippen molar-refractivity contribution in [1.82, 2.24) is 0 Å². The highest BCUT2D eigenvalue weighted by atomic mass is 17.2. The number of benzene rings is 1. The normalized spacial score (nSPS) is 30.7. The Balaban J connectivity index is 1.80. The molecule has 1 heterocycles. The fourth-order valence-corrected chi connectivity index (χ4v) is 1.78. The zero-order valence-corrected chi connectivity index (χ0v) is 8.85. The molecule has 1 aliphatic rings. The summed E-state index contributed by atoms with van der Waals surface area (Å²) in [6.45, 7) is 1.62. The molecule has 0 saturated carbocycles. The lowest BCUT2D eigenvalue weighted by Crippen LogP contribution is -2.22. The van der Waals surface area contributed by atoms with Gasteiger partial charge in [0, 0.05) is 6.42 Å². The summed E-state index contributed by atoms with van der Waals surface area (Å²) in [6.07, 6.45) is 2.37. The van der Waals surface area contributed by atoms with Crippen LogP contribution >= 0.6 is 0 Å². The Bertz CT molecular complexity index is 308. The van der Waals surface area contributed by atoms with Crippen molar-refractivity contribution in [3.05, 3.63) is 35.9 Å². The molecule has 1 aliphatic heterocycles. The topological polar surface area (TPSA) is 38.7 Å². The van der Waals surface area contributed by atoms with Gasteiger partial charge in [0.1, 0.15) is 0 Å². The van der Waals surface area contributed by atoms with Gasteiger partial charge in [0.05, 0.1) is 6.10 Å². The molecule has 82 valence electrons. The van der Waals surface area contributed by atoms with Gasteiger partial charge in [-0.05, 0) is 25.3 Å². The van der Waals surface area contributed by atoms with Crippen molar-refractivity contribution < 1.29 is 14.9 Å². The number of hydrogen-bond donors (Lipinski definition) is 1. The molecular weight excluding hydrogens is 192 g/mol. The van der Waals surface area contributed by atoms with Crippen LogP contribution in [0.1, 0.15) is 25.3 Å². The van der Waals surface area contributed by atoms with Crippen molar-refractivity contribution in [1.29, 1.82) is 0 Å². The predicted molar refractivity (Wildman–Crippen MR) is 56.0 cm³/mol. The first-order chi connectivity index (χ1) is 7.16. The Morgan fingerprint density at radius 2 is 2.13 bits per heavy atom. The third-order valence-electron chi connectivity index (χ3n) is 2.57.